The lowest BCUT2D eigenvalue weighted by molar-refractivity contribution is 0.587. The Morgan fingerprint density at radius 1 is 0.682 bits per heavy atom. The van der Waals surface area contributed by atoms with Crippen molar-refractivity contribution in [3.05, 3.63) is 79.4 Å². The maximum atomic E-state index is 13.5. The van der Waals surface area contributed by atoms with Crippen molar-refractivity contribution in [2.24, 2.45) is 0 Å². The van der Waals surface area contributed by atoms with Crippen LogP contribution in [-0.2, 0) is 4.57 Å². The quantitative estimate of drug-likeness (QED) is 0.706. The highest BCUT2D eigenvalue weighted by molar-refractivity contribution is 7.74. The molecule has 2 heterocycles. The molecule has 3 aromatic rings. The topological polar surface area (TPSA) is 66.9 Å². The molecule has 0 spiro atoms. The summed E-state index contributed by atoms with van der Waals surface area (Å²) in [4.78, 5) is 7.95. The van der Waals surface area contributed by atoms with Crippen LogP contribution in [0.15, 0.2) is 79.4 Å². The predicted octanol–water partition coefficient (Wildman–Crippen LogP) is 3.52. The molecule has 2 aromatic heterocycles. The van der Waals surface area contributed by atoms with Gasteiger partial charge in [0.2, 0.25) is 0 Å². The van der Waals surface area contributed by atoms with Crippen LogP contribution in [0, 0.1) is 0 Å². The second-order valence-corrected chi connectivity index (χ2v) is 6.82. The molecular weight excluding hydrogens is 295 g/mol. The van der Waals surface area contributed by atoms with Gasteiger partial charge in [-0.15, -0.1) is 0 Å². The van der Waals surface area contributed by atoms with Crippen LogP contribution in [0.3, 0.4) is 0 Å². The van der Waals surface area contributed by atoms with E-state index < -0.39 is 7.44 Å². The van der Waals surface area contributed by atoms with E-state index in [-0.39, 0.29) is 0 Å². The first-order valence-corrected chi connectivity index (χ1v) is 8.49. The van der Waals surface area contributed by atoms with E-state index in [0.29, 0.717) is 5.30 Å². The highest BCUT2D eigenvalue weighted by Gasteiger charge is 2.24. The number of nitrogens with zero attached hydrogens (tertiary/aromatic N) is 2. The third kappa shape index (κ3) is 3.32. The summed E-state index contributed by atoms with van der Waals surface area (Å²) in [5, 5.41) is 6.91. The molecule has 2 N–H and O–H groups in total. The van der Waals surface area contributed by atoms with Gasteiger partial charge < -0.3 is 10.2 Å². The third-order valence-corrected chi connectivity index (χ3v) is 5.23. The Balaban J connectivity index is 1.97. The Morgan fingerprint density at radius 2 is 1.14 bits per heavy atom. The molecule has 0 aliphatic heterocycles. The molecule has 0 radical (unpaired) electrons. The van der Waals surface area contributed by atoms with Crippen molar-refractivity contribution < 1.29 is 4.57 Å². The van der Waals surface area contributed by atoms with E-state index in [1.54, 1.807) is 49.1 Å². The lowest BCUT2D eigenvalue weighted by atomic mass is 10.4. The second kappa shape index (κ2) is 6.41. The van der Waals surface area contributed by atoms with E-state index in [9.17, 15) is 4.57 Å². The molecule has 0 atom stereocenters. The van der Waals surface area contributed by atoms with Gasteiger partial charge in [0, 0.05) is 36.2 Å². The fourth-order valence-corrected chi connectivity index (χ4v) is 3.94. The van der Waals surface area contributed by atoms with Crippen molar-refractivity contribution in [2.45, 2.75) is 0 Å². The number of anilines is 2. The smallest absolute Gasteiger partial charge is 0.287 e. The number of pyridine rings is 2. The highest BCUT2D eigenvalue weighted by Crippen LogP contribution is 2.44. The lowest BCUT2D eigenvalue weighted by Gasteiger charge is -2.22. The molecule has 0 unspecified atom stereocenters. The number of nitrogens with one attached hydrogen (secondary N) is 2. The summed E-state index contributed by atoms with van der Waals surface area (Å²) in [6.07, 6.45) is 6.63. The first kappa shape index (κ1) is 14.3. The molecule has 0 amide bonds. The molecule has 0 aliphatic rings. The Hall–Kier alpha value is -2.65. The van der Waals surface area contributed by atoms with E-state index in [4.69, 9.17) is 0 Å². The zero-order valence-corrected chi connectivity index (χ0v) is 12.6. The van der Waals surface area contributed by atoms with Gasteiger partial charge in [-0.25, -0.2) is 0 Å². The Kier molecular flexibility index (Phi) is 4.17. The summed E-state index contributed by atoms with van der Waals surface area (Å²) in [5.74, 6) is 0. The van der Waals surface area contributed by atoms with E-state index in [1.807, 2.05) is 30.3 Å². The minimum Gasteiger partial charge on any atom is -0.317 e. The summed E-state index contributed by atoms with van der Waals surface area (Å²) in [7, 11) is -3.07. The minimum atomic E-state index is -3.07. The summed E-state index contributed by atoms with van der Waals surface area (Å²) in [5.41, 5.74) is 1.48. The molecule has 0 bridgehead atoms. The number of rotatable bonds is 5. The fourth-order valence-electron chi connectivity index (χ4n) is 2.01. The van der Waals surface area contributed by atoms with Crippen LogP contribution < -0.4 is 15.5 Å². The Morgan fingerprint density at radius 3 is 1.59 bits per heavy atom. The molecule has 110 valence electrons. The lowest BCUT2D eigenvalue weighted by Crippen LogP contribution is -2.18. The molecule has 22 heavy (non-hydrogen) atoms. The van der Waals surface area contributed by atoms with Crippen LogP contribution in [0.5, 0.6) is 0 Å². The average molecular weight is 310 g/mol. The van der Waals surface area contributed by atoms with Crippen molar-refractivity contribution in [3.63, 3.8) is 0 Å². The molecule has 5 nitrogen and oxygen atoms in total. The van der Waals surface area contributed by atoms with E-state index in [1.165, 1.54) is 0 Å². The zero-order valence-electron chi connectivity index (χ0n) is 11.8. The van der Waals surface area contributed by atoms with Crippen molar-refractivity contribution >= 4 is 24.1 Å². The van der Waals surface area contributed by atoms with Crippen LogP contribution in [0.4, 0.5) is 11.4 Å². The summed E-state index contributed by atoms with van der Waals surface area (Å²) < 4.78 is 13.5. The van der Waals surface area contributed by atoms with Crippen molar-refractivity contribution in [1.82, 2.24) is 9.97 Å². The van der Waals surface area contributed by atoms with Crippen LogP contribution >= 0.6 is 7.44 Å². The normalized spacial score (nSPS) is 10.9. The second-order valence-electron chi connectivity index (χ2n) is 4.64. The molecular formula is C16H15N4OP. The molecule has 6 heteroatoms. The molecule has 0 saturated heterocycles. The van der Waals surface area contributed by atoms with Gasteiger partial charge in [-0.3, -0.25) is 14.5 Å². The summed E-state index contributed by atoms with van der Waals surface area (Å²) >= 11 is 0. The number of benzene rings is 1. The van der Waals surface area contributed by atoms with Gasteiger partial charge in [0.1, 0.15) is 0 Å². The highest BCUT2D eigenvalue weighted by atomic mass is 31.2. The van der Waals surface area contributed by atoms with E-state index in [0.717, 1.165) is 11.4 Å². The van der Waals surface area contributed by atoms with Crippen LogP contribution in [0.1, 0.15) is 0 Å². The SMILES string of the molecule is O=P(Nc1ccncc1)(Nc1ccncc1)c1ccccc1. The monoisotopic (exact) mass is 310 g/mol. The van der Waals surface area contributed by atoms with Gasteiger partial charge in [-0.1, -0.05) is 18.2 Å². The maximum Gasteiger partial charge on any atom is 0.287 e. The first-order chi connectivity index (χ1) is 10.8. The van der Waals surface area contributed by atoms with Gasteiger partial charge in [0.05, 0.1) is 5.30 Å². The summed E-state index contributed by atoms with van der Waals surface area (Å²) in [6.45, 7) is 0. The van der Waals surface area contributed by atoms with Crippen LogP contribution in [0.25, 0.3) is 0 Å². The standard InChI is InChI=1S/C16H15N4OP/c21-22(16-4-2-1-3-5-16,19-14-6-10-17-11-7-14)20-15-8-12-18-13-9-15/h1-13H,(H2,17,18,19,20,21). The van der Waals surface area contributed by atoms with Gasteiger partial charge in [-0.2, -0.15) is 0 Å². The first-order valence-electron chi connectivity index (χ1n) is 6.78. The molecule has 0 fully saturated rings. The largest absolute Gasteiger partial charge is 0.317 e. The predicted molar refractivity (Wildman–Crippen MR) is 89.4 cm³/mol. The van der Waals surface area contributed by atoms with Crippen molar-refractivity contribution in [3.8, 4) is 0 Å². The minimum absolute atomic E-state index is 0.698. The van der Waals surface area contributed by atoms with Gasteiger partial charge in [0.15, 0.2) is 0 Å². The van der Waals surface area contributed by atoms with Gasteiger partial charge in [-0.05, 0) is 36.4 Å². The Labute approximate surface area is 128 Å². The van der Waals surface area contributed by atoms with Gasteiger partial charge in [0.25, 0.3) is 7.44 Å². The fraction of sp³-hybridized carbons (Fsp3) is 0. The number of hydrogen-bond donors (Lipinski definition) is 2. The molecule has 3 rings (SSSR count). The Bertz CT molecular complexity index is 720. The van der Waals surface area contributed by atoms with Crippen molar-refractivity contribution in [1.29, 1.82) is 0 Å². The molecule has 1 aromatic carbocycles. The maximum absolute atomic E-state index is 13.5. The van der Waals surface area contributed by atoms with Gasteiger partial charge >= 0.3 is 0 Å². The van der Waals surface area contributed by atoms with E-state index in [2.05, 4.69) is 20.1 Å². The zero-order chi connectivity index (χ0) is 15.3. The van der Waals surface area contributed by atoms with Crippen molar-refractivity contribution in [2.75, 3.05) is 10.2 Å². The van der Waals surface area contributed by atoms with Crippen LogP contribution in [-0.4, -0.2) is 9.97 Å². The average Bonchev–Trinajstić information content (AvgIpc) is 2.57. The van der Waals surface area contributed by atoms with E-state index >= 15 is 0 Å². The molecule has 0 aliphatic carbocycles. The number of aromatic nitrogens is 2. The summed E-state index contributed by atoms with van der Waals surface area (Å²) in [6, 6.07) is 16.4. The third-order valence-electron chi connectivity index (χ3n) is 3.05. The van der Waals surface area contributed by atoms with Crippen LogP contribution in [0.2, 0.25) is 0 Å². The molecule has 0 saturated carbocycles. The number of hydrogen-bond acceptors (Lipinski definition) is 3.